The fraction of sp³-hybridized carbons (Fsp3) is 0.600. The number of aromatic nitrogens is 2. The maximum atomic E-state index is 4.28. The van der Waals surface area contributed by atoms with E-state index in [1.165, 1.54) is 12.8 Å². The Labute approximate surface area is 84.2 Å². The van der Waals surface area contributed by atoms with Crippen molar-refractivity contribution in [2.45, 2.75) is 25.8 Å². The lowest BCUT2D eigenvalue weighted by atomic mass is 10.2. The van der Waals surface area contributed by atoms with Crippen molar-refractivity contribution in [2.24, 2.45) is 0 Å². The molecule has 1 aliphatic rings. The molecule has 0 spiro atoms. The van der Waals surface area contributed by atoms with Gasteiger partial charge >= 0.3 is 0 Å². The Balaban J connectivity index is 1.85. The number of aryl methyl sites for hydroxylation is 1. The average molecular weight is 192 g/mol. The van der Waals surface area contributed by atoms with E-state index >= 15 is 0 Å². The number of rotatable bonds is 3. The summed E-state index contributed by atoms with van der Waals surface area (Å²) in [7, 11) is 0. The van der Waals surface area contributed by atoms with Crippen LogP contribution in [-0.2, 0) is 0 Å². The van der Waals surface area contributed by atoms with E-state index in [9.17, 15) is 0 Å². The minimum Gasteiger partial charge on any atom is -0.368 e. The molecular formula is C10H16N4. The van der Waals surface area contributed by atoms with Crippen LogP contribution in [0.1, 0.15) is 18.7 Å². The number of nitrogens with one attached hydrogen (secondary N) is 2. The summed E-state index contributed by atoms with van der Waals surface area (Å²) in [5.74, 6) is 1.74. The molecule has 2 rings (SSSR count). The van der Waals surface area contributed by atoms with Gasteiger partial charge < -0.3 is 10.6 Å². The third kappa shape index (κ3) is 2.42. The topological polar surface area (TPSA) is 49.8 Å². The second kappa shape index (κ2) is 4.37. The lowest BCUT2D eigenvalue weighted by Gasteiger charge is -2.11. The molecular weight excluding hydrogens is 176 g/mol. The summed E-state index contributed by atoms with van der Waals surface area (Å²) in [6, 6.07) is 2.51. The second-order valence-corrected chi connectivity index (χ2v) is 3.66. The molecule has 4 heteroatoms. The van der Waals surface area contributed by atoms with Gasteiger partial charge in [0.05, 0.1) is 0 Å². The second-order valence-electron chi connectivity index (χ2n) is 3.66. The van der Waals surface area contributed by atoms with Gasteiger partial charge in [0.2, 0.25) is 0 Å². The Morgan fingerprint density at radius 3 is 3.29 bits per heavy atom. The first kappa shape index (κ1) is 9.40. The summed E-state index contributed by atoms with van der Waals surface area (Å²) in [5.41, 5.74) is 0. The minimum absolute atomic E-state index is 0.602. The predicted molar refractivity (Wildman–Crippen MR) is 56.3 cm³/mol. The first-order valence-corrected chi connectivity index (χ1v) is 5.11. The van der Waals surface area contributed by atoms with Crippen LogP contribution in [-0.4, -0.2) is 29.1 Å². The van der Waals surface area contributed by atoms with Crippen molar-refractivity contribution in [3.8, 4) is 0 Å². The quantitative estimate of drug-likeness (QED) is 0.748. The van der Waals surface area contributed by atoms with Crippen LogP contribution in [0.3, 0.4) is 0 Å². The molecule has 0 saturated carbocycles. The van der Waals surface area contributed by atoms with Gasteiger partial charge in [0, 0.05) is 18.8 Å². The maximum absolute atomic E-state index is 4.28. The SMILES string of the molecule is Cc1nccc(NCC2CCCN2)n1. The highest BCUT2D eigenvalue weighted by Gasteiger charge is 2.13. The van der Waals surface area contributed by atoms with Gasteiger partial charge in [0.1, 0.15) is 11.6 Å². The molecule has 0 bridgehead atoms. The summed E-state index contributed by atoms with van der Waals surface area (Å²) >= 11 is 0. The molecule has 14 heavy (non-hydrogen) atoms. The molecule has 2 heterocycles. The van der Waals surface area contributed by atoms with E-state index in [1.807, 2.05) is 13.0 Å². The molecule has 1 fully saturated rings. The monoisotopic (exact) mass is 192 g/mol. The van der Waals surface area contributed by atoms with Gasteiger partial charge in [0.15, 0.2) is 0 Å². The zero-order chi connectivity index (χ0) is 9.80. The molecule has 76 valence electrons. The van der Waals surface area contributed by atoms with Gasteiger partial charge in [-0.25, -0.2) is 9.97 Å². The van der Waals surface area contributed by atoms with Crippen molar-refractivity contribution in [1.82, 2.24) is 15.3 Å². The molecule has 4 nitrogen and oxygen atoms in total. The Hall–Kier alpha value is -1.16. The van der Waals surface area contributed by atoms with E-state index in [2.05, 4.69) is 20.6 Å². The van der Waals surface area contributed by atoms with Crippen LogP contribution >= 0.6 is 0 Å². The molecule has 1 saturated heterocycles. The van der Waals surface area contributed by atoms with E-state index in [1.54, 1.807) is 6.20 Å². The molecule has 2 N–H and O–H groups in total. The molecule has 0 amide bonds. The van der Waals surface area contributed by atoms with Gasteiger partial charge in [-0.2, -0.15) is 0 Å². The van der Waals surface area contributed by atoms with Crippen LogP contribution in [0.4, 0.5) is 5.82 Å². The molecule has 0 aromatic carbocycles. The van der Waals surface area contributed by atoms with Crippen LogP contribution < -0.4 is 10.6 Å². The first-order chi connectivity index (χ1) is 6.84. The van der Waals surface area contributed by atoms with Gasteiger partial charge in [-0.1, -0.05) is 0 Å². The van der Waals surface area contributed by atoms with E-state index in [-0.39, 0.29) is 0 Å². The van der Waals surface area contributed by atoms with Gasteiger partial charge in [0.25, 0.3) is 0 Å². The number of nitrogens with zero attached hydrogens (tertiary/aromatic N) is 2. The standard InChI is InChI=1S/C10H16N4/c1-8-11-6-4-10(14-8)13-7-9-3-2-5-12-9/h4,6,9,12H,2-3,5,7H2,1H3,(H,11,13,14). The molecule has 0 radical (unpaired) electrons. The van der Waals surface area contributed by atoms with E-state index in [0.29, 0.717) is 6.04 Å². The molecule has 1 aromatic heterocycles. The van der Waals surface area contributed by atoms with Crippen LogP contribution in [0.2, 0.25) is 0 Å². The molecule has 1 aliphatic heterocycles. The smallest absolute Gasteiger partial charge is 0.129 e. The van der Waals surface area contributed by atoms with Crippen LogP contribution in [0.15, 0.2) is 12.3 Å². The predicted octanol–water partition coefficient (Wildman–Crippen LogP) is 0.949. The maximum Gasteiger partial charge on any atom is 0.129 e. The lowest BCUT2D eigenvalue weighted by Crippen LogP contribution is -2.29. The fourth-order valence-electron chi connectivity index (χ4n) is 1.71. The van der Waals surface area contributed by atoms with Gasteiger partial charge in [-0.3, -0.25) is 0 Å². The fourth-order valence-corrected chi connectivity index (χ4v) is 1.71. The highest BCUT2D eigenvalue weighted by molar-refractivity contribution is 5.32. The van der Waals surface area contributed by atoms with Crippen LogP contribution in [0, 0.1) is 6.92 Å². The zero-order valence-corrected chi connectivity index (χ0v) is 8.45. The third-order valence-corrected chi connectivity index (χ3v) is 2.47. The molecule has 1 unspecified atom stereocenters. The van der Waals surface area contributed by atoms with Crippen LogP contribution in [0.25, 0.3) is 0 Å². The number of hydrogen-bond donors (Lipinski definition) is 2. The summed E-state index contributed by atoms with van der Waals surface area (Å²) in [4.78, 5) is 8.34. The van der Waals surface area contributed by atoms with Gasteiger partial charge in [-0.05, 0) is 32.4 Å². The van der Waals surface area contributed by atoms with Crippen molar-refractivity contribution >= 4 is 5.82 Å². The molecule has 1 atom stereocenters. The Kier molecular flexibility index (Phi) is 2.93. The summed E-state index contributed by atoms with van der Waals surface area (Å²) in [5, 5.41) is 6.75. The highest BCUT2D eigenvalue weighted by atomic mass is 15.1. The Morgan fingerprint density at radius 2 is 2.57 bits per heavy atom. The highest BCUT2D eigenvalue weighted by Crippen LogP contribution is 2.07. The van der Waals surface area contributed by atoms with Crippen molar-refractivity contribution in [2.75, 3.05) is 18.4 Å². The normalized spacial score (nSPS) is 21.1. The van der Waals surface area contributed by atoms with Crippen molar-refractivity contribution in [3.05, 3.63) is 18.1 Å². The number of anilines is 1. The average Bonchev–Trinajstić information content (AvgIpc) is 2.67. The Morgan fingerprint density at radius 1 is 1.64 bits per heavy atom. The summed E-state index contributed by atoms with van der Waals surface area (Å²) in [6.45, 7) is 4.00. The zero-order valence-electron chi connectivity index (χ0n) is 8.45. The summed E-state index contributed by atoms with van der Waals surface area (Å²) < 4.78 is 0. The third-order valence-electron chi connectivity index (χ3n) is 2.47. The lowest BCUT2D eigenvalue weighted by molar-refractivity contribution is 0.632. The Bertz CT molecular complexity index is 294. The minimum atomic E-state index is 0.602. The largest absolute Gasteiger partial charge is 0.368 e. The van der Waals surface area contributed by atoms with E-state index < -0.39 is 0 Å². The van der Waals surface area contributed by atoms with Crippen LogP contribution in [0.5, 0.6) is 0 Å². The van der Waals surface area contributed by atoms with Crippen molar-refractivity contribution in [1.29, 1.82) is 0 Å². The van der Waals surface area contributed by atoms with Crippen molar-refractivity contribution in [3.63, 3.8) is 0 Å². The first-order valence-electron chi connectivity index (χ1n) is 5.11. The van der Waals surface area contributed by atoms with E-state index in [4.69, 9.17) is 0 Å². The summed E-state index contributed by atoms with van der Waals surface area (Å²) in [6.07, 6.45) is 4.33. The molecule has 1 aromatic rings. The van der Waals surface area contributed by atoms with E-state index in [0.717, 1.165) is 24.7 Å². The molecule has 0 aliphatic carbocycles. The van der Waals surface area contributed by atoms with Crippen molar-refractivity contribution < 1.29 is 0 Å². The number of hydrogen-bond acceptors (Lipinski definition) is 4. The van der Waals surface area contributed by atoms with Gasteiger partial charge in [-0.15, -0.1) is 0 Å².